The van der Waals surface area contributed by atoms with Crippen LogP contribution in [-0.2, 0) is 0 Å². The van der Waals surface area contributed by atoms with Crippen LogP contribution in [0.25, 0.3) is 5.69 Å². The Morgan fingerprint density at radius 2 is 1.76 bits per heavy atom. The smallest absolute Gasteiger partial charge is 0.271 e. The fourth-order valence-corrected chi connectivity index (χ4v) is 2.90. The molecule has 0 radical (unpaired) electrons. The third-order valence-electron chi connectivity index (χ3n) is 4.14. The van der Waals surface area contributed by atoms with E-state index in [0.717, 1.165) is 22.6 Å². The van der Waals surface area contributed by atoms with Crippen molar-refractivity contribution in [1.29, 1.82) is 0 Å². The van der Waals surface area contributed by atoms with Crippen molar-refractivity contribution in [3.63, 3.8) is 0 Å². The van der Waals surface area contributed by atoms with Gasteiger partial charge in [-0.05, 0) is 56.7 Å². The van der Waals surface area contributed by atoms with Gasteiger partial charge in [-0.25, -0.2) is 5.43 Å². The lowest BCUT2D eigenvalue weighted by Gasteiger charge is -2.10. The van der Waals surface area contributed by atoms with E-state index < -0.39 is 0 Å². The van der Waals surface area contributed by atoms with Crippen molar-refractivity contribution >= 4 is 12.1 Å². The largest absolute Gasteiger partial charge is 0.318 e. The molecule has 0 aliphatic heterocycles. The van der Waals surface area contributed by atoms with E-state index in [1.165, 1.54) is 5.56 Å². The molecule has 0 spiro atoms. The van der Waals surface area contributed by atoms with Crippen LogP contribution in [0.15, 0.2) is 65.8 Å². The van der Waals surface area contributed by atoms with Crippen LogP contribution >= 0.6 is 0 Å². The zero-order valence-corrected chi connectivity index (χ0v) is 14.7. The molecule has 4 nitrogen and oxygen atoms in total. The molecule has 2 aromatic carbocycles. The zero-order chi connectivity index (χ0) is 17.8. The minimum absolute atomic E-state index is 0.218. The van der Waals surface area contributed by atoms with Crippen LogP contribution in [0.5, 0.6) is 0 Å². The Bertz CT molecular complexity index is 924. The van der Waals surface area contributed by atoms with Gasteiger partial charge in [-0.3, -0.25) is 4.79 Å². The van der Waals surface area contributed by atoms with E-state index in [2.05, 4.69) is 66.2 Å². The lowest BCUT2D eigenvalue weighted by Crippen LogP contribution is -2.17. The molecule has 0 saturated carbocycles. The number of nitrogens with zero attached hydrogens (tertiary/aromatic N) is 2. The maximum Gasteiger partial charge on any atom is 0.271 e. The monoisotopic (exact) mass is 331 g/mol. The Labute approximate surface area is 147 Å². The molecule has 0 aliphatic rings. The van der Waals surface area contributed by atoms with Crippen molar-refractivity contribution in [3.8, 4) is 5.69 Å². The first-order valence-corrected chi connectivity index (χ1v) is 8.20. The Hall–Kier alpha value is -3.14. The van der Waals surface area contributed by atoms with Crippen LogP contribution in [0, 0.1) is 20.8 Å². The molecule has 1 amide bonds. The number of aryl methyl sites for hydroxylation is 2. The predicted octanol–water partition coefficient (Wildman–Crippen LogP) is 4.17. The summed E-state index contributed by atoms with van der Waals surface area (Å²) in [4.78, 5) is 12.0. The number of carbonyl (C=O) groups is 1. The number of benzene rings is 2. The average molecular weight is 331 g/mol. The minimum Gasteiger partial charge on any atom is -0.318 e. The van der Waals surface area contributed by atoms with Gasteiger partial charge in [-0.1, -0.05) is 30.3 Å². The molecular formula is C21H21N3O. The Morgan fingerprint density at radius 1 is 1.00 bits per heavy atom. The minimum atomic E-state index is -0.218. The molecule has 0 bridgehead atoms. The highest BCUT2D eigenvalue weighted by Crippen LogP contribution is 2.20. The molecule has 1 N–H and O–H groups in total. The summed E-state index contributed by atoms with van der Waals surface area (Å²) in [6.45, 7) is 6.20. The number of rotatable bonds is 4. The van der Waals surface area contributed by atoms with Crippen LogP contribution in [-0.4, -0.2) is 16.7 Å². The first-order valence-electron chi connectivity index (χ1n) is 8.20. The fraction of sp³-hybridized carbons (Fsp3) is 0.143. The van der Waals surface area contributed by atoms with Gasteiger partial charge in [0.2, 0.25) is 0 Å². The summed E-state index contributed by atoms with van der Waals surface area (Å²) < 4.78 is 2.19. The van der Waals surface area contributed by atoms with Gasteiger partial charge >= 0.3 is 0 Å². The summed E-state index contributed by atoms with van der Waals surface area (Å²) in [6, 6.07) is 19.5. The van der Waals surface area contributed by atoms with E-state index in [1.807, 2.05) is 18.2 Å². The Balaban J connectivity index is 1.80. The SMILES string of the molecule is Cc1cccc(-n2c(C)cc(/C=N\NC(=O)c3ccccc3)c2C)c1. The average Bonchev–Trinajstić information content (AvgIpc) is 2.89. The van der Waals surface area contributed by atoms with Crippen molar-refractivity contribution in [3.05, 3.63) is 88.7 Å². The topological polar surface area (TPSA) is 46.4 Å². The summed E-state index contributed by atoms with van der Waals surface area (Å²) in [5.74, 6) is -0.218. The second kappa shape index (κ2) is 7.18. The van der Waals surface area contributed by atoms with E-state index in [0.29, 0.717) is 5.56 Å². The van der Waals surface area contributed by atoms with Gasteiger partial charge < -0.3 is 4.57 Å². The summed E-state index contributed by atoms with van der Waals surface area (Å²) in [5.41, 5.74) is 8.69. The van der Waals surface area contributed by atoms with Crippen LogP contribution in [0.2, 0.25) is 0 Å². The molecule has 3 rings (SSSR count). The van der Waals surface area contributed by atoms with Gasteiger partial charge in [0.15, 0.2) is 0 Å². The van der Waals surface area contributed by atoms with E-state index in [-0.39, 0.29) is 5.91 Å². The molecule has 0 aliphatic carbocycles. The van der Waals surface area contributed by atoms with E-state index in [1.54, 1.807) is 18.3 Å². The number of amides is 1. The number of hydrogen-bond acceptors (Lipinski definition) is 2. The second-order valence-electron chi connectivity index (χ2n) is 6.07. The number of carbonyl (C=O) groups excluding carboxylic acids is 1. The van der Waals surface area contributed by atoms with Crippen molar-refractivity contribution in [2.75, 3.05) is 0 Å². The maximum absolute atomic E-state index is 12.0. The Kier molecular flexibility index (Phi) is 4.80. The van der Waals surface area contributed by atoms with Gasteiger partial charge in [0, 0.05) is 28.2 Å². The highest BCUT2D eigenvalue weighted by atomic mass is 16.2. The second-order valence-corrected chi connectivity index (χ2v) is 6.07. The molecule has 1 heterocycles. The quantitative estimate of drug-likeness (QED) is 0.566. The number of nitrogens with one attached hydrogen (secondary N) is 1. The molecular weight excluding hydrogens is 310 g/mol. The normalized spacial score (nSPS) is 11.0. The van der Waals surface area contributed by atoms with Crippen LogP contribution < -0.4 is 5.43 Å². The van der Waals surface area contributed by atoms with Crippen molar-refractivity contribution in [2.24, 2.45) is 5.10 Å². The fourth-order valence-electron chi connectivity index (χ4n) is 2.90. The molecule has 0 atom stereocenters. The van der Waals surface area contributed by atoms with Crippen molar-refractivity contribution in [2.45, 2.75) is 20.8 Å². The summed E-state index contributed by atoms with van der Waals surface area (Å²) in [6.07, 6.45) is 1.69. The lowest BCUT2D eigenvalue weighted by atomic mass is 10.2. The van der Waals surface area contributed by atoms with E-state index in [4.69, 9.17) is 0 Å². The highest BCUT2D eigenvalue weighted by molar-refractivity contribution is 5.94. The van der Waals surface area contributed by atoms with Crippen LogP contribution in [0.3, 0.4) is 0 Å². The van der Waals surface area contributed by atoms with Gasteiger partial charge in [-0.2, -0.15) is 5.10 Å². The van der Waals surface area contributed by atoms with Gasteiger partial charge in [-0.15, -0.1) is 0 Å². The lowest BCUT2D eigenvalue weighted by molar-refractivity contribution is 0.0955. The van der Waals surface area contributed by atoms with Gasteiger partial charge in [0.1, 0.15) is 0 Å². The number of hydrogen-bond donors (Lipinski definition) is 1. The summed E-state index contributed by atoms with van der Waals surface area (Å²) >= 11 is 0. The zero-order valence-electron chi connectivity index (χ0n) is 14.7. The molecule has 0 unspecified atom stereocenters. The molecule has 3 aromatic rings. The first-order chi connectivity index (χ1) is 12.1. The van der Waals surface area contributed by atoms with Crippen LogP contribution in [0.4, 0.5) is 0 Å². The molecule has 4 heteroatoms. The highest BCUT2D eigenvalue weighted by Gasteiger charge is 2.09. The Morgan fingerprint density at radius 3 is 2.48 bits per heavy atom. The van der Waals surface area contributed by atoms with Crippen molar-refractivity contribution in [1.82, 2.24) is 9.99 Å². The molecule has 126 valence electrons. The van der Waals surface area contributed by atoms with Gasteiger partial charge in [0.05, 0.1) is 6.21 Å². The number of aromatic nitrogens is 1. The molecule has 0 saturated heterocycles. The third-order valence-corrected chi connectivity index (χ3v) is 4.14. The molecule has 0 fully saturated rings. The van der Waals surface area contributed by atoms with Crippen molar-refractivity contribution < 1.29 is 4.79 Å². The summed E-state index contributed by atoms with van der Waals surface area (Å²) in [7, 11) is 0. The first kappa shape index (κ1) is 16.7. The molecule has 1 aromatic heterocycles. The summed E-state index contributed by atoms with van der Waals surface area (Å²) in [5, 5.41) is 4.11. The molecule has 25 heavy (non-hydrogen) atoms. The third kappa shape index (κ3) is 3.69. The van der Waals surface area contributed by atoms with Crippen LogP contribution in [0.1, 0.15) is 32.9 Å². The van der Waals surface area contributed by atoms with Gasteiger partial charge in [0.25, 0.3) is 5.91 Å². The standard InChI is InChI=1S/C21H21N3O/c1-15-8-7-11-20(12-15)24-16(2)13-19(17(24)3)14-22-23-21(25)18-9-5-4-6-10-18/h4-14H,1-3H3,(H,23,25)/b22-14-. The predicted molar refractivity (Wildman–Crippen MR) is 101 cm³/mol. The number of hydrazone groups is 1. The van der Waals surface area contributed by atoms with E-state index >= 15 is 0 Å². The maximum atomic E-state index is 12.0. The van der Waals surface area contributed by atoms with E-state index in [9.17, 15) is 4.79 Å².